The first kappa shape index (κ1) is 29.0. The number of carbonyl (C=O) groups is 1. The molecule has 3 N–H and O–H groups in total. The molecule has 1 atom stereocenters. The SMILES string of the molecule is CCCC(CCNC)N1CCC(c2cc(C(=O)NCc3c(C)cc(C)[nH]c3=O)c3cnn(C(C)C)c3n2)CC1. The third kappa shape index (κ3) is 6.58. The molecule has 9 nitrogen and oxygen atoms in total. The minimum absolute atomic E-state index is 0.124. The number of aromatic nitrogens is 4. The number of nitrogens with one attached hydrogen (secondary N) is 3. The molecule has 0 spiro atoms. The Hall–Kier alpha value is -3.04. The molecule has 0 radical (unpaired) electrons. The van der Waals surface area contributed by atoms with Crippen molar-refractivity contribution in [2.75, 3.05) is 26.7 Å². The van der Waals surface area contributed by atoms with Gasteiger partial charge in [0.15, 0.2) is 5.65 Å². The van der Waals surface area contributed by atoms with Crippen molar-refractivity contribution in [1.82, 2.24) is 35.3 Å². The highest BCUT2D eigenvalue weighted by atomic mass is 16.1. The van der Waals surface area contributed by atoms with E-state index in [1.165, 1.54) is 19.3 Å². The van der Waals surface area contributed by atoms with Crippen molar-refractivity contribution >= 4 is 16.9 Å². The average Bonchev–Trinajstić information content (AvgIpc) is 3.34. The second-order valence-corrected chi connectivity index (χ2v) is 11.3. The molecule has 1 unspecified atom stereocenters. The molecule has 39 heavy (non-hydrogen) atoms. The summed E-state index contributed by atoms with van der Waals surface area (Å²) >= 11 is 0. The van der Waals surface area contributed by atoms with E-state index in [4.69, 9.17) is 4.98 Å². The van der Waals surface area contributed by atoms with E-state index in [0.717, 1.165) is 60.5 Å². The number of hydrogen-bond acceptors (Lipinski definition) is 6. The van der Waals surface area contributed by atoms with Crippen molar-refractivity contribution in [3.63, 3.8) is 0 Å². The van der Waals surface area contributed by atoms with Crippen LogP contribution in [-0.2, 0) is 6.54 Å². The largest absolute Gasteiger partial charge is 0.348 e. The molecule has 3 aromatic heterocycles. The lowest BCUT2D eigenvalue weighted by atomic mass is 9.90. The molecule has 0 aliphatic carbocycles. The summed E-state index contributed by atoms with van der Waals surface area (Å²) in [4.78, 5) is 36.6. The fourth-order valence-corrected chi connectivity index (χ4v) is 5.89. The molecule has 4 heterocycles. The van der Waals surface area contributed by atoms with Crippen molar-refractivity contribution in [1.29, 1.82) is 0 Å². The summed E-state index contributed by atoms with van der Waals surface area (Å²) in [5, 5.41) is 11.6. The van der Waals surface area contributed by atoms with Crippen LogP contribution in [-0.4, -0.2) is 63.3 Å². The second-order valence-electron chi connectivity index (χ2n) is 11.3. The van der Waals surface area contributed by atoms with E-state index >= 15 is 0 Å². The zero-order valence-electron chi connectivity index (χ0n) is 24.4. The number of fused-ring (bicyclic) bond motifs is 1. The number of carbonyl (C=O) groups excluding carboxylic acids is 1. The number of aromatic amines is 1. The molecule has 1 amide bonds. The topological polar surface area (TPSA) is 108 Å². The maximum absolute atomic E-state index is 13.5. The van der Waals surface area contributed by atoms with Crippen LogP contribution in [0.15, 0.2) is 23.1 Å². The first-order valence-corrected chi connectivity index (χ1v) is 14.5. The van der Waals surface area contributed by atoms with Gasteiger partial charge in [-0.25, -0.2) is 9.67 Å². The number of amides is 1. The molecule has 0 bridgehead atoms. The van der Waals surface area contributed by atoms with Gasteiger partial charge in [0, 0.05) is 41.5 Å². The minimum atomic E-state index is -0.209. The monoisotopic (exact) mass is 535 g/mol. The molecule has 1 fully saturated rings. The molecule has 1 saturated heterocycles. The minimum Gasteiger partial charge on any atom is -0.348 e. The van der Waals surface area contributed by atoms with E-state index in [9.17, 15) is 9.59 Å². The normalized spacial score (nSPS) is 15.8. The van der Waals surface area contributed by atoms with Gasteiger partial charge < -0.3 is 20.5 Å². The van der Waals surface area contributed by atoms with Gasteiger partial charge in [-0.2, -0.15) is 5.10 Å². The van der Waals surface area contributed by atoms with Crippen molar-refractivity contribution in [3.05, 3.63) is 56.8 Å². The summed E-state index contributed by atoms with van der Waals surface area (Å²) in [5.74, 6) is 0.0836. The second kappa shape index (κ2) is 12.9. The van der Waals surface area contributed by atoms with E-state index in [-0.39, 0.29) is 24.1 Å². The fourth-order valence-electron chi connectivity index (χ4n) is 5.89. The number of pyridine rings is 2. The molecule has 1 aliphatic heterocycles. The molecule has 212 valence electrons. The zero-order valence-corrected chi connectivity index (χ0v) is 24.4. The van der Waals surface area contributed by atoms with Gasteiger partial charge in [0.1, 0.15) is 0 Å². The number of piperidine rings is 1. The molecule has 3 aromatic rings. The molecule has 1 aliphatic rings. The third-order valence-electron chi connectivity index (χ3n) is 8.05. The fraction of sp³-hybridized carbons (Fsp3) is 0.600. The van der Waals surface area contributed by atoms with E-state index in [2.05, 4.69) is 46.4 Å². The number of rotatable bonds is 11. The Morgan fingerprint density at radius 2 is 1.92 bits per heavy atom. The van der Waals surface area contributed by atoms with E-state index < -0.39 is 0 Å². The van der Waals surface area contributed by atoms with Crippen LogP contribution in [0.1, 0.15) is 97.7 Å². The van der Waals surface area contributed by atoms with Crippen LogP contribution in [0.3, 0.4) is 0 Å². The molecule has 4 rings (SSSR count). The molecule has 0 aromatic carbocycles. The van der Waals surface area contributed by atoms with Gasteiger partial charge in [-0.3, -0.25) is 9.59 Å². The molecular formula is C30H45N7O2. The van der Waals surface area contributed by atoms with Gasteiger partial charge in [-0.15, -0.1) is 0 Å². The van der Waals surface area contributed by atoms with Gasteiger partial charge in [-0.05, 0) is 97.8 Å². The maximum atomic E-state index is 13.5. The Bertz CT molecular complexity index is 1340. The lowest BCUT2D eigenvalue weighted by Gasteiger charge is -2.37. The first-order valence-electron chi connectivity index (χ1n) is 14.5. The van der Waals surface area contributed by atoms with E-state index in [1.54, 1.807) is 6.20 Å². The van der Waals surface area contributed by atoms with Crippen LogP contribution in [0.2, 0.25) is 0 Å². The van der Waals surface area contributed by atoms with Crippen LogP contribution in [0.4, 0.5) is 0 Å². The van der Waals surface area contributed by atoms with Crippen LogP contribution in [0.5, 0.6) is 0 Å². The number of nitrogens with zero attached hydrogens (tertiary/aromatic N) is 4. The first-order chi connectivity index (χ1) is 18.7. The van der Waals surface area contributed by atoms with Gasteiger partial charge in [0.05, 0.1) is 17.1 Å². The zero-order chi connectivity index (χ0) is 28.1. The van der Waals surface area contributed by atoms with Crippen molar-refractivity contribution < 1.29 is 4.79 Å². The van der Waals surface area contributed by atoms with Gasteiger partial charge in [-0.1, -0.05) is 13.3 Å². The van der Waals surface area contributed by atoms with E-state index in [1.807, 2.05) is 37.7 Å². The highest BCUT2D eigenvalue weighted by molar-refractivity contribution is 6.05. The number of hydrogen-bond donors (Lipinski definition) is 3. The lowest BCUT2D eigenvalue weighted by molar-refractivity contribution is 0.0952. The lowest BCUT2D eigenvalue weighted by Crippen LogP contribution is -2.42. The standard InChI is InChI=1S/C30H45N7O2/c1-7-8-23(9-12-31-6)36-13-10-22(11-14-36)27-16-24(26-18-33-37(19(2)3)28(26)35-27)29(38)32-17-25-20(4)15-21(5)34-30(25)39/h15-16,18-19,22-23,31H,7-14,17H2,1-6H3,(H,32,38)(H,34,39). The summed E-state index contributed by atoms with van der Waals surface area (Å²) in [6, 6.07) is 4.62. The Labute approximate surface area is 231 Å². The van der Waals surface area contributed by atoms with E-state index in [0.29, 0.717) is 23.1 Å². The predicted octanol–water partition coefficient (Wildman–Crippen LogP) is 4.20. The summed E-state index contributed by atoms with van der Waals surface area (Å²) in [6.07, 6.45) is 7.36. The van der Waals surface area contributed by atoms with Crippen LogP contribution in [0, 0.1) is 13.8 Å². The quantitative estimate of drug-likeness (QED) is 0.340. The summed E-state index contributed by atoms with van der Waals surface area (Å²) in [6.45, 7) is 13.5. The predicted molar refractivity (Wildman–Crippen MR) is 156 cm³/mol. The summed E-state index contributed by atoms with van der Waals surface area (Å²) < 4.78 is 1.90. The van der Waals surface area contributed by atoms with Gasteiger partial charge in [0.2, 0.25) is 0 Å². The highest BCUT2D eigenvalue weighted by Gasteiger charge is 2.28. The third-order valence-corrected chi connectivity index (χ3v) is 8.05. The summed E-state index contributed by atoms with van der Waals surface area (Å²) in [5.41, 5.74) is 4.37. The molecule has 0 saturated carbocycles. The Morgan fingerprint density at radius 1 is 1.18 bits per heavy atom. The van der Waals surface area contributed by atoms with Gasteiger partial charge in [0.25, 0.3) is 11.5 Å². The molecular weight excluding hydrogens is 490 g/mol. The Morgan fingerprint density at radius 3 is 2.56 bits per heavy atom. The number of H-pyrrole nitrogens is 1. The average molecular weight is 536 g/mol. The maximum Gasteiger partial charge on any atom is 0.253 e. The smallest absolute Gasteiger partial charge is 0.253 e. The van der Waals surface area contributed by atoms with Gasteiger partial charge >= 0.3 is 0 Å². The van der Waals surface area contributed by atoms with Crippen molar-refractivity contribution in [2.45, 2.75) is 91.3 Å². The Kier molecular flexibility index (Phi) is 9.56. The van der Waals surface area contributed by atoms with Crippen molar-refractivity contribution in [3.8, 4) is 0 Å². The number of likely N-dealkylation sites (tertiary alicyclic amines) is 1. The van der Waals surface area contributed by atoms with Crippen LogP contribution in [0.25, 0.3) is 11.0 Å². The summed E-state index contributed by atoms with van der Waals surface area (Å²) in [7, 11) is 2.02. The van der Waals surface area contributed by atoms with Crippen molar-refractivity contribution in [2.24, 2.45) is 0 Å². The number of aryl methyl sites for hydroxylation is 2. The van der Waals surface area contributed by atoms with Crippen LogP contribution < -0.4 is 16.2 Å². The molecule has 9 heteroatoms. The highest BCUT2D eigenvalue weighted by Crippen LogP contribution is 2.32. The Balaban J connectivity index is 1.58. The van der Waals surface area contributed by atoms with Crippen LogP contribution >= 0.6 is 0 Å².